The summed E-state index contributed by atoms with van der Waals surface area (Å²) in [7, 11) is 0. The van der Waals surface area contributed by atoms with Gasteiger partial charge in [0, 0.05) is 42.5 Å². The van der Waals surface area contributed by atoms with Crippen molar-refractivity contribution in [2.45, 2.75) is 6.92 Å². The maximum atomic E-state index is 9.29. The zero-order chi connectivity index (χ0) is 15.5. The lowest BCUT2D eigenvalue weighted by Gasteiger charge is -2.37. The molecule has 22 heavy (non-hydrogen) atoms. The molecule has 0 spiro atoms. The number of anilines is 2. The monoisotopic (exact) mass is 356 g/mol. The molecule has 0 radical (unpaired) electrons. The molecule has 2 heterocycles. The highest BCUT2D eigenvalue weighted by Crippen LogP contribution is 2.24. The van der Waals surface area contributed by atoms with E-state index in [1.165, 1.54) is 11.3 Å². The summed E-state index contributed by atoms with van der Waals surface area (Å²) in [5, 5.41) is 9.29. The maximum absolute atomic E-state index is 9.29. The summed E-state index contributed by atoms with van der Waals surface area (Å²) in [5.74, 6) is 0.787. The SMILES string of the molecule is Cc1cccc(N2CCN(c3ncc(Br)cc3C#N)CC2)c1. The van der Waals surface area contributed by atoms with Gasteiger partial charge in [0.1, 0.15) is 11.9 Å². The van der Waals surface area contributed by atoms with Gasteiger partial charge in [-0.15, -0.1) is 0 Å². The molecule has 0 bridgehead atoms. The normalized spacial score (nSPS) is 14.8. The highest BCUT2D eigenvalue weighted by atomic mass is 79.9. The summed E-state index contributed by atoms with van der Waals surface area (Å²) in [6.45, 7) is 5.73. The number of aromatic nitrogens is 1. The number of rotatable bonds is 2. The number of hydrogen-bond acceptors (Lipinski definition) is 4. The molecule has 1 aromatic carbocycles. The van der Waals surface area contributed by atoms with E-state index in [2.05, 4.69) is 68.0 Å². The van der Waals surface area contributed by atoms with Gasteiger partial charge in [0.2, 0.25) is 0 Å². The van der Waals surface area contributed by atoms with Crippen LogP contribution in [0.1, 0.15) is 11.1 Å². The maximum Gasteiger partial charge on any atom is 0.146 e. The van der Waals surface area contributed by atoms with Crippen LogP contribution >= 0.6 is 15.9 Å². The molecule has 4 nitrogen and oxygen atoms in total. The van der Waals surface area contributed by atoms with Crippen LogP contribution in [-0.2, 0) is 0 Å². The van der Waals surface area contributed by atoms with Crippen molar-refractivity contribution in [3.05, 3.63) is 52.1 Å². The molecule has 0 saturated carbocycles. The van der Waals surface area contributed by atoms with Gasteiger partial charge in [0.25, 0.3) is 0 Å². The summed E-state index contributed by atoms with van der Waals surface area (Å²) in [4.78, 5) is 9.00. The first kappa shape index (κ1) is 14.9. The second-order valence-electron chi connectivity index (χ2n) is 5.45. The van der Waals surface area contributed by atoms with Gasteiger partial charge in [-0.2, -0.15) is 5.26 Å². The fourth-order valence-corrected chi connectivity index (χ4v) is 3.10. The Bertz CT molecular complexity index is 715. The number of pyridine rings is 1. The van der Waals surface area contributed by atoms with Crippen molar-refractivity contribution in [2.24, 2.45) is 0 Å². The van der Waals surface area contributed by atoms with Crippen LogP contribution in [0.2, 0.25) is 0 Å². The molecule has 0 atom stereocenters. The Labute approximate surface area is 139 Å². The Hall–Kier alpha value is -2.06. The van der Waals surface area contributed by atoms with Crippen molar-refractivity contribution >= 4 is 27.4 Å². The molecule has 1 aliphatic heterocycles. The third kappa shape index (κ3) is 3.07. The molecule has 2 aromatic rings. The van der Waals surface area contributed by atoms with Gasteiger partial charge in [-0.25, -0.2) is 4.98 Å². The first-order valence-electron chi connectivity index (χ1n) is 7.29. The third-order valence-corrected chi connectivity index (χ3v) is 4.33. The predicted molar refractivity (Wildman–Crippen MR) is 92.3 cm³/mol. The van der Waals surface area contributed by atoms with Crippen LogP contribution in [0.3, 0.4) is 0 Å². The Morgan fingerprint density at radius 1 is 1.14 bits per heavy atom. The molecule has 0 aliphatic carbocycles. The number of nitrogens with zero attached hydrogens (tertiary/aromatic N) is 4. The molecule has 1 fully saturated rings. The molecule has 1 saturated heterocycles. The van der Waals surface area contributed by atoms with E-state index in [0.717, 1.165) is 36.5 Å². The lowest BCUT2D eigenvalue weighted by molar-refractivity contribution is 0.646. The topological polar surface area (TPSA) is 43.2 Å². The summed E-state index contributed by atoms with van der Waals surface area (Å²) in [6.07, 6.45) is 1.75. The van der Waals surface area contributed by atoms with Crippen LogP contribution in [-0.4, -0.2) is 31.2 Å². The number of hydrogen-bond donors (Lipinski definition) is 0. The highest BCUT2D eigenvalue weighted by Gasteiger charge is 2.20. The van der Waals surface area contributed by atoms with Crippen LogP contribution in [0, 0.1) is 18.3 Å². The van der Waals surface area contributed by atoms with E-state index in [0.29, 0.717) is 5.56 Å². The van der Waals surface area contributed by atoms with Crippen molar-refractivity contribution in [2.75, 3.05) is 36.0 Å². The van der Waals surface area contributed by atoms with Crippen molar-refractivity contribution < 1.29 is 0 Å². The summed E-state index contributed by atoms with van der Waals surface area (Å²) in [5.41, 5.74) is 3.17. The first-order valence-corrected chi connectivity index (χ1v) is 8.09. The van der Waals surface area contributed by atoms with Gasteiger partial charge < -0.3 is 9.80 Å². The number of halogens is 1. The largest absolute Gasteiger partial charge is 0.368 e. The van der Waals surface area contributed by atoms with E-state index in [-0.39, 0.29) is 0 Å². The molecule has 112 valence electrons. The van der Waals surface area contributed by atoms with Crippen LogP contribution in [0.5, 0.6) is 0 Å². The average molecular weight is 357 g/mol. The van der Waals surface area contributed by atoms with Crippen molar-refractivity contribution in [3.63, 3.8) is 0 Å². The molecule has 0 N–H and O–H groups in total. The van der Waals surface area contributed by atoms with E-state index in [1.54, 1.807) is 6.20 Å². The van der Waals surface area contributed by atoms with E-state index in [4.69, 9.17) is 0 Å². The van der Waals surface area contributed by atoms with E-state index in [9.17, 15) is 5.26 Å². The Morgan fingerprint density at radius 3 is 2.55 bits per heavy atom. The zero-order valence-electron chi connectivity index (χ0n) is 12.5. The lowest BCUT2D eigenvalue weighted by atomic mass is 10.2. The van der Waals surface area contributed by atoms with Gasteiger partial charge in [0.15, 0.2) is 0 Å². The predicted octanol–water partition coefficient (Wildman–Crippen LogP) is 3.35. The fraction of sp³-hybridized carbons (Fsp3) is 0.294. The van der Waals surface area contributed by atoms with Crippen LogP contribution in [0.15, 0.2) is 41.0 Å². The first-order chi connectivity index (χ1) is 10.7. The summed E-state index contributed by atoms with van der Waals surface area (Å²) < 4.78 is 0.839. The lowest BCUT2D eigenvalue weighted by Crippen LogP contribution is -2.47. The second-order valence-corrected chi connectivity index (χ2v) is 6.37. The van der Waals surface area contributed by atoms with Gasteiger partial charge in [-0.3, -0.25) is 0 Å². The van der Waals surface area contributed by atoms with Gasteiger partial charge >= 0.3 is 0 Å². The third-order valence-electron chi connectivity index (χ3n) is 3.90. The van der Waals surface area contributed by atoms with Crippen LogP contribution in [0.25, 0.3) is 0 Å². The van der Waals surface area contributed by atoms with Gasteiger partial charge in [-0.1, -0.05) is 12.1 Å². The minimum atomic E-state index is 0.624. The number of benzene rings is 1. The van der Waals surface area contributed by atoms with Crippen molar-refractivity contribution in [1.29, 1.82) is 5.26 Å². The van der Waals surface area contributed by atoms with Crippen molar-refractivity contribution in [1.82, 2.24) is 4.98 Å². The van der Waals surface area contributed by atoms with E-state index in [1.807, 2.05) is 6.07 Å². The van der Waals surface area contributed by atoms with Gasteiger partial charge in [0.05, 0.1) is 5.56 Å². The summed E-state index contributed by atoms with van der Waals surface area (Å²) >= 11 is 3.37. The number of nitriles is 1. The highest BCUT2D eigenvalue weighted by molar-refractivity contribution is 9.10. The summed E-state index contributed by atoms with van der Waals surface area (Å²) in [6, 6.07) is 12.6. The minimum absolute atomic E-state index is 0.624. The molecule has 0 amide bonds. The molecular formula is C17H17BrN4. The fourth-order valence-electron chi connectivity index (χ4n) is 2.77. The quantitative estimate of drug-likeness (QED) is 0.827. The molecule has 5 heteroatoms. The van der Waals surface area contributed by atoms with Crippen molar-refractivity contribution in [3.8, 4) is 6.07 Å². The zero-order valence-corrected chi connectivity index (χ0v) is 14.0. The Kier molecular flexibility index (Phi) is 4.30. The van der Waals surface area contributed by atoms with Gasteiger partial charge in [-0.05, 0) is 46.6 Å². The Morgan fingerprint density at radius 2 is 1.86 bits per heavy atom. The van der Waals surface area contributed by atoms with E-state index >= 15 is 0 Å². The second kappa shape index (κ2) is 6.37. The smallest absolute Gasteiger partial charge is 0.146 e. The molecule has 0 unspecified atom stereocenters. The minimum Gasteiger partial charge on any atom is -0.368 e. The molecule has 3 rings (SSSR count). The van der Waals surface area contributed by atoms with Crippen LogP contribution < -0.4 is 9.80 Å². The number of aryl methyl sites for hydroxylation is 1. The molecule has 1 aliphatic rings. The molecular weight excluding hydrogens is 340 g/mol. The van der Waals surface area contributed by atoms with E-state index < -0.39 is 0 Å². The van der Waals surface area contributed by atoms with Crippen LogP contribution in [0.4, 0.5) is 11.5 Å². The Balaban J connectivity index is 1.73. The number of piperazine rings is 1. The average Bonchev–Trinajstić information content (AvgIpc) is 2.55. The standard InChI is InChI=1S/C17H17BrN4/c1-13-3-2-4-16(9-13)21-5-7-22(8-6-21)17-14(11-19)10-15(18)12-20-17/h2-4,9-10,12H,5-8H2,1H3. The molecule has 1 aromatic heterocycles.